The molecule has 1 aromatic carbocycles. The molecule has 0 spiro atoms. The molecular weight excluding hydrogens is 324 g/mol. The molecular formula is C16H20N6OS. The zero-order chi connectivity index (χ0) is 17.5. The van der Waals surface area contributed by atoms with Crippen LogP contribution in [0.2, 0.25) is 0 Å². The zero-order valence-electron chi connectivity index (χ0n) is 13.8. The highest BCUT2D eigenvalue weighted by molar-refractivity contribution is 7.07. The van der Waals surface area contributed by atoms with Crippen LogP contribution in [0.15, 0.2) is 33.7 Å². The lowest BCUT2D eigenvalue weighted by Crippen LogP contribution is -2.21. The predicted octanol–water partition coefficient (Wildman–Crippen LogP) is 3.07. The van der Waals surface area contributed by atoms with Crippen LogP contribution in [0, 0.1) is 13.8 Å². The summed E-state index contributed by atoms with van der Waals surface area (Å²) in [6, 6.07) is 5.67. The highest BCUT2D eigenvalue weighted by Gasteiger charge is 2.10. The fourth-order valence-electron chi connectivity index (χ4n) is 2.37. The molecule has 0 aliphatic carbocycles. The first-order chi connectivity index (χ1) is 11.6. The summed E-state index contributed by atoms with van der Waals surface area (Å²) in [5, 5.41) is 5.45. The monoisotopic (exact) mass is 344 g/mol. The van der Waals surface area contributed by atoms with Crippen LogP contribution in [0.1, 0.15) is 33.6 Å². The van der Waals surface area contributed by atoms with Gasteiger partial charge in [-0.3, -0.25) is 4.79 Å². The number of aryl methyl sites for hydroxylation is 2. The number of azide groups is 1. The topological polar surface area (TPSA) is 109 Å². The molecule has 0 aliphatic rings. The van der Waals surface area contributed by atoms with Gasteiger partial charge in [-0.1, -0.05) is 22.8 Å². The zero-order valence-corrected chi connectivity index (χ0v) is 14.6. The van der Waals surface area contributed by atoms with Crippen molar-refractivity contribution in [1.29, 1.82) is 0 Å². The van der Waals surface area contributed by atoms with Crippen LogP contribution in [0.5, 0.6) is 0 Å². The molecule has 24 heavy (non-hydrogen) atoms. The average molecular weight is 344 g/mol. The minimum absolute atomic E-state index is 0.227. The fraction of sp³-hybridized carbons (Fsp3) is 0.375. The van der Waals surface area contributed by atoms with Crippen LogP contribution in [0.4, 0.5) is 0 Å². The summed E-state index contributed by atoms with van der Waals surface area (Å²) < 4.78 is 1.90. The molecule has 0 radical (unpaired) electrons. The van der Waals surface area contributed by atoms with E-state index in [-0.39, 0.29) is 12.5 Å². The predicted molar refractivity (Wildman–Crippen MR) is 94.6 cm³/mol. The third-order valence-corrected chi connectivity index (χ3v) is 4.48. The average Bonchev–Trinajstić information content (AvgIpc) is 2.92. The standard InChI is InChI=1S/C16H20N6OS/c1-11-4-5-14(12(2)8-11)15(23)20-16-22(7-3-6-17)13(10-24-16)9-19-21-18/h4-5,8,10H,3,6-7,9,17H2,1-2H3. The van der Waals surface area contributed by atoms with E-state index in [0.717, 1.165) is 23.2 Å². The molecule has 2 N–H and O–H groups in total. The van der Waals surface area contributed by atoms with Crippen LogP contribution in [-0.2, 0) is 13.1 Å². The van der Waals surface area contributed by atoms with Crippen LogP contribution < -0.4 is 10.5 Å². The lowest BCUT2D eigenvalue weighted by molar-refractivity contribution is 0.0997. The Morgan fingerprint density at radius 2 is 2.21 bits per heavy atom. The SMILES string of the molecule is Cc1ccc(C(=O)N=c2scc(CN=[N+]=[N-])n2CCCN)c(C)c1. The second-order valence-corrected chi connectivity index (χ2v) is 6.26. The van der Waals surface area contributed by atoms with Gasteiger partial charge in [-0.25, -0.2) is 0 Å². The maximum atomic E-state index is 12.5. The van der Waals surface area contributed by atoms with Gasteiger partial charge in [0.25, 0.3) is 5.91 Å². The number of rotatable bonds is 6. The maximum absolute atomic E-state index is 12.5. The first-order valence-corrected chi connectivity index (χ1v) is 8.49. The largest absolute Gasteiger partial charge is 0.330 e. The summed E-state index contributed by atoms with van der Waals surface area (Å²) in [4.78, 5) is 20.2. The van der Waals surface area contributed by atoms with Gasteiger partial charge in [0.1, 0.15) is 0 Å². The summed E-state index contributed by atoms with van der Waals surface area (Å²) in [7, 11) is 0. The van der Waals surface area contributed by atoms with Crippen LogP contribution in [0.25, 0.3) is 10.4 Å². The molecule has 0 unspecified atom stereocenters. The number of benzene rings is 1. The van der Waals surface area contributed by atoms with Crippen LogP contribution in [-0.4, -0.2) is 17.0 Å². The number of aromatic nitrogens is 1. The summed E-state index contributed by atoms with van der Waals surface area (Å²) in [6.07, 6.45) is 0.755. The van der Waals surface area contributed by atoms with Crippen molar-refractivity contribution in [2.75, 3.05) is 6.54 Å². The number of amides is 1. The van der Waals surface area contributed by atoms with Gasteiger partial charge in [-0.15, -0.1) is 11.3 Å². The highest BCUT2D eigenvalue weighted by Crippen LogP contribution is 2.12. The molecule has 0 bridgehead atoms. The van der Waals surface area contributed by atoms with Crippen molar-refractivity contribution in [3.8, 4) is 0 Å². The first kappa shape index (κ1) is 17.9. The normalized spacial score (nSPS) is 11.4. The Hall–Kier alpha value is -2.41. The third kappa shape index (κ3) is 4.32. The number of nitrogens with zero attached hydrogens (tertiary/aromatic N) is 5. The molecule has 7 nitrogen and oxygen atoms in total. The number of nitrogens with two attached hydrogens (primary N) is 1. The van der Waals surface area contributed by atoms with Gasteiger partial charge in [-0.05, 0) is 44.0 Å². The minimum atomic E-state index is -0.272. The van der Waals surface area contributed by atoms with Crippen molar-refractivity contribution in [2.24, 2.45) is 15.8 Å². The van der Waals surface area contributed by atoms with Gasteiger partial charge in [0, 0.05) is 28.1 Å². The number of hydrogen-bond acceptors (Lipinski definition) is 4. The Bertz CT molecular complexity index is 844. The van der Waals surface area contributed by atoms with Gasteiger partial charge in [0.2, 0.25) is 0 Å². The molecule has 0 atom stereocenters. The van der Waals surface area contributed by atoms with E-state index in [2.05, 4.69) is 15.0 Å². The fourth-order valence-corrected chi connectivity index (χ4v) is 3.29. The van der Waals surface area contributed by atoms with Gasteiger partial charge in [-0.2, -0.15) is 4.99 Å². The van der Waals surface area contributed by atoms with Crippen molar-refractivity contribution in [2.45, 2.75) is 33.4 Å². The van der Waals surface area contributed by atoms with Gasteiger partial charge in [0.15, 0.2) is 4.80 Å². The van der Waals surface area contributed by atoms with Gasteiger partial charge in [0.05, 0.1) is 6.54 Å². The molecule has 1 aromatic heterocycles. The molecule has 2 aromatic rings. The summed E-state index contributed by atoms with van der Waals surface area (Å²) in [5.41, 5.74) is 17.5. The molecule has 0 saturated carbocycles. The molecule has 2 rings (SSSR count). The van der Waals surface area contributed by atoms with Gasteiger partial charge < -0.3 is 10.3 Å². The summed E-state index contributed by atoms with van der Waals surface area (Å²) in [6.45, 7) is 5.29. The van der Waals surface area contributed by atoms with Crippen molar-refractivity contribution in [3.63, 3.8) is 0 Å². The second-order valence-electron chi connectivity index (χ2n) is 5.43. The first-order valence-electron chi connectivity index (χ1n) is 7.61. The Kier molecular flexibility index (Phi) is 6.31. The highest BCUT2D eigenvalue weighted by atomic mass is 32.1. The molecule has 0 aliphatic heterocycles. The second kappa shape index (κ2) is 8.44. The molecule has 126 valence electrons. The lowest BCUT2D eigenvalue weighted by Gasteiger charge is -2.06. The van der Waals surface area contributed by atoms with E-state index in [0.29, 0.717) is 23.5 Å². The molecule has 8 heteroatoms. The summed E-state index contributed by atoms with van der Waals surface area (Å²) in [5.74, 6) is -0.272. The Labute approximate surface area is 144 Å². The number of hydrogen-bond donors (Lipinski definition) is 1. The van der Waals surface area contributed by atoms with Crippen molar-refractivity contribution in [3.05, 3.63) is 61.2 Å². The van der Waals surface area contributed by atoms with Crippen molar-refractivity contribution < 1.29 is 4.79 Å². The molecule has 0 fully saturated rings. The van der Waals surface area contributed by atoms with Crippen LogP contribution in [0.3, 0.4) is 0 Å². The van der Waals surface area contributed by atoms with Crippen LogP contribution >= 0.6 is 11.3 Å². The van der Waals surface area contributed by atoms with Gasteiger partial charge >= 0.3 is 0 Å². The van der Waals surface area contributed by atoms with E-state index >= 15 is 0 Å². The maximum Gasteiger partial charge on any atom is 0.279 e. The molecule has 1 heterocycles. The third-order valence-electron chi connectivity index (χ3n) is 3.57. The minimum Gasteiger partial charge on any atom is -0.330 e. The van der Waals surface area contributed by atoms with Crippen molar-refractivity contribution in [1.82, 2.24) is 4.57 Å². The Morgan fingerprint density at radius 3 is 2.88 bits per heavy atom. The van der Waals surface area contributed by atoms with E-state index < -0.39 is 0 Å². The number of thiazole rings is 1. The van der Waals surface area contributed by atoms with Crippen molar-refractivity contribution >= 4 is 17.2 Å². The summed E-state index contributed by atoms with van der Waals surface area (Å²) >= 11 is 1.36. The number of carbonyl (C=O) groups excluding carboxylic acids is 1. The smallest absolute Gasteiger partial charge is 0.279 e. The molecule has 1 amide bonds. The lowest BCUT2D eigenvalue weighted by atomic mass is 10.1. The number of carbonyl (C=O) groups is 1. The van der Waals surface area contributed by atoms with E-state index in [1.807, 2.05) is 35.9 Å². The van der Waals surface area contributed by atoms with E-state index in [1.54, 1.807) is 6.07 Å². The Balaban J connectivity index is 2.41. The molecule has 0 saturated heterocycles. The quantitative estimate of drug-likeness (QED) is 0.493. The van der Waals surface area contributed by atoms with E-state index in [9.17, 15) is 4.79 Å². The van der Waals surface area contributed by atoms with E-state index in [4.69, 9.17) is 11.3 Å². The van der Waals surface area contributed by atoms with E-state index in [1.165, 1.54) is 11.3 Å². The Morgan fingerprint density at radius 1 is 1.42 bits per heavy atom.